The van der Waals surface area contributed by atoms with Crippen LogP contribution in [0.25, 0.3) is 0 Å². The molecule has 3 unspecified atom stereocenters. The summed E-state index contributed by atoms with van der Waals surface area (Å²) in [4.78, 5) is 7.14. The molecule has 2 N–H and O–H groups in total. The zero-order valence-corrected chi connectivity index (χ0v) is 17.2. The number of aliphatic imine (C=N–C) groups is 1. The first-order valence-electron chi connectivity index (χ1n) is 11.1. The van der Waals surface area contributed by atoms with Gasteiger partial charge in [-0.3, -0.25) is 4.99 Å². The second kappa shape index (κ2) is 8.66. The zero-order valence-electron chi connectivity index (χ0n) is 17.2. The molecule has 4 rings (SSSR count). The van der Waals surface area contributed by atoms with Crippen molar-refractivity contribution in [2.45, 2.75) is 69.6 Å². The molecule has 6 heteroatoms. The van der Waals surface area contributed by atoms with Crippen molar-refractivity contribution in [2.24, 2.45) is 16.3 Å². The van der Waals surface area contributed by atoms with Gasteiger partial charge in [0.1, 0.15) is 0 Å². The first-order valence-corrected chi connectivity index (χ1v) is 11.1. The van der Waals surface area contributed by atoms with Crippen molar-refractivity contribution in [3.8, 4) is 0 Å². The molecule has 4 aliphatic rings. The molecule has 2 heterocycles. The predicted octanol–water partition coefficient (Wildman–Crippen LogP) is 2.00. The number of nitrogens with one attached hydrogen (secondary N) is 2. The maximum atomic E-state index is 6.12. The highest BCUT2D eigenvalue weighted by molar-refractivity contribution is 5.80. The summed E-state index contributed by atoms with van der Waals surface area (Å²) in [5.74, 6) is 1.69. The highest BCUT2D eigenvalue weighted by atomic mass is 16.5. The molecule has 2 aliphatic heterocycles. The van der Waals surface area contributed by atoms with Gasteiger partial charge in [0.05, 0.1) is 6.10 Å². The zero-order chi connectivity index (χ0) is 18.7. The maximum Gasteiger partial charge on any atom is 0.191 e. The van der Waals surface area contributed by atoms with Gasteiger partial charge in [0.2, 0.25) is 0 Å². The number of likely N-dealkylation sites (tertiary alicyclic amines) is 1. The monoisotopic (exact) mass is 378 g/mol. The van der Waals surface area contributed by atoms with Crippen molar-refractivity contribution in [1.29, 1.82) is 0 Å². The van der Waals surface area contributed by atoms with E-state index in [0.29, 0.717) is 29.5 Å². The molecule has 0 aromatic rings. The summed E-state index contributed by atoms with van der Waals surface area (Å²) < 4.78 is 11.3. The lowest BCUT2D eigenvalue weighted by atomic mass is 9.54. The summed E-state index contributed by atoms with van der Waals surface area (Å²) in [7, 11) is 3.70. The van der Waals surface area contributed by atoms with Crippen LogP contribution in [0.2, 0.25) is 0 Å². The molecular weight excluding hydrogens is 340 g/mol. The van der Waals surface area contributed by atoms with E-state index < -0.39 is 0 Å². The summed E-state index contributed by atoms with van der Waals surface area (Å²) in [5.41, 5.74) is 0.378. The van der Waals surface area contributed by atoms with E-state index in [-0.39, 0.29) is 0 Å². The number of hydrogen-bond donors (Lipinski definition) is 2. The number of methoxy groups -OCH3 is 1. The van der Waals surface area contributed by atoms with Gasteiger partial charge in [-0.15, -0.1) is 0 Å². The van der Waals surface area contributed by atoms with E-state index >= 15 is 0 Å². The van der Waals surface area contributed by atoms with E-state index in [1.807, 2.05) is 7.05 Å². The average molecular weight is 379 g/mol. The Bertz CT molecular complexity index is 512. The maximum absolute atomic E-state index is 6.12. The predicted molar refractivity (Wildman–Crippen MR) is 108 cm³/mol. The molecule has 0 amide bonds. The molecule has 2 aliphatic carbocycles. The van der Waals surface area contributed by atoms with E-state index in [9.17, 15) is 0 Å². The van der Waals surface area contributed by atoms with Gasteiger partial charge in [-0.05, 0) is 38.5 Å². The number of rotatable bonds is 6. The third-order valence-corrected chi connectivity index (χ3v) is 7.55. The number of ether oxygens (including phenoxy) is 2. The van der Waals surface area contributed by atoms with Gasteiger partial charge in [0.25, 0.3) is 0 Å². The molecule has 27 heavy (non-hydrogen) atoms. The molecule has 1 spiro atoms. The van der Waals surface area contributed by atoms with Crippen LogP contribution in [0.3, 0.4) is 0 Å². The third kappa shape index (κ3) is 3.85. The Morgan fingerprint density at radius 2 is 1.96 bits per heavy atom. The molecule has 154 valence electrons. The van der Waals surface area contributed by atoms with Gasteiger partial charge >= 0.3 is 0 Å². The quantitative estimate of drug-likeness (QED) is 0.421. The molecule has 6 nitrogen and oxygen atoms in total. The minimum Gasteiger partial charge on any atom is -0.385 e. The Morgan fingerprint density at radius 1 is 1.19 bits per heavy atom. The summed E-state index contributed by atoms with van der Waals surface area (Å²) in [5, 5.41) is 7.56. The molecule has 4 fully saturated rings. The minimum absolute atomic E-state index is 0.378. The van der Waals surface area contributed by atoms with Crippen LogP contribution in [0, 0.1) is 11.3 Å². The minimum atomic E-state index is 0.378. The van der Waals surface area contributed by atoms with Crippen LogP contribution in [0.4, 0.5) is 0 Å². The van der Waals surface area contributed by atoms with Crippen LogP contribution in [0.15, 0.2) is 4.99 Å². The van der Waals surface area contributed by atoms with Gasteiger partial charge in [-0.2, -0.15) is 0 Å². The summed E-state index contributed by atoms with van der Waals surface area (Å²) in [6.07, 6.45) is 10.6. The first-order chi connectivity index (χ1) is 13.3. The first kappa shape index (κ1) is 19.5. The Balaban J connectivity index is 1.27. The standard InChI is InChI=1S/C21H38N4O2/c1-22-20(23-16-6-12-25(13-7-16)11-5-14-26-2)24-18-17-8-15-27-19(17)21(18)9-3-4-10-21/h16-19H,3-15H2,1-2H3,(H2,22,23,24). The summed E-state index contributed by atoms with van der Waals surface area (Å²) >= 11 is 0. The van der Waals surface area contributed by atoms with E-state index in [4.69, 9.17) is 9.47 Å². The van der Waals surface area contributed by atoms with Crippen molar-refractivity contribution < 1.29 is 9.47 Å². The largest absolute Gasteiger partial charge is 0.385 e. The summed E-state index contributed by atoms with van der Waals surface area (Å²) in [6, 6.07) is 1.08. The smallest absolute Gasteiger partial charge is 0.191 e. The van der Waals surface area contributed by atoms with Crippen molar-refractivity contribution in [2.75, 3.05) is 47.0 Å². The number of nitrogens with zero attached hydrogens (tertiary/aromatic N) is 2. The SMILES string of the molecule is CN=C(NC1CCN(CCCOC)CC1)NC1C2CCOC2C12CCCC2. The van der Waals surface area contributed by atoms with E-state index in [1.165, 1.54) is 58.0 Å². The van der Waals surface area contributed by atoms with Crippen LogP contribution in [-0.2, 0) is 9.47 Å². The lowest BCUT2D eigenvalue weighted by Gasteiger charge is -2.57. The molecule has 0 radical (unpaired) electrons. The Labute approximate surface area is 164 Å². The Morgan fingerprint density at radius 3 is 2.67 bits per heavy atom. The second-order valence-electron chi connectivity index (χ2n) is 8.99. The molecule has 0 aromatic heterocycles. The van der Waals surface area contributed by atoms with Crippen molar-refractivity contribution >= 4 is 5.96 Å². The van der Waals surface area contributed by atoms with Crippen LogP contribution in [0.1, 0.15) is 51.4 Å². The van der Waals surface area contributed by atoms with Crippen molar-refractivity contribution in [3.63, 3.8) is 0 Å². The van der Waals surface area contributed by atoms with Crippen LogP contribution >= 0.6 is 0 Å². The van der Waals surface area contributed by atoms with Gasteiger partial charge in [-0.25, -0.2) is 0 Å². The number of guanidine groups is 1. The van der Waals surface area contributed by atoms with Gasteiger partial charge in [-0.1, -0.05) is 12.8 Å². The number of hydrogen-bond acceptors (Lipinski definition) is 4. The third-order valence-electron chi connectivity index (χ3n) is 7.55. The van der Waals surface area contributed by atoms with E-state index in [1.54, 1.807) is 7.11 Å². The molecule has 0 bridgehead atoms. The topological polar surface area (TPSA) is 58.1 Å². The fraction of sp³-hybridized carbons (Fsp3) is 0.952. The van der Waals surface area contributed by atoms with Gasteiger partial charge in [0, 0.05) is 70.4 Å². The lowest BCUT2D eigenvalue weighted by Crippen LogP contribution is -2.69. The Kier molecular flexibility index (Phi) is 6.25. The lowest BCUT2D eigenvalue weighted by molar-refractivity contribution is -0.125. The van der Waals surface area contributed by atoms with Crippen molar-refractivity contribution in [1.82, 2.24) is 15.5 Å². The fourth-order valence-corrected chi connectivity index (χ4v) is 6.15. The van der Waals surface area contributed by atoms with E-state index in [2.05, 4.69) is 20.5 Å². The highest BCUT2D eigenvalue weighted by Gasteiger charge is 2.65. The second-order valence-corrected chi connectivity index (χ2v) is 8.99. The van der Waals surface area contributed by atoms with Gasteiger partial charge < -0.3 is 25.0 Å². The average Bonchev–Trinajstić information content (AvgIpc) is 3.35. The van der Waals surface area contributed by atoms with Crippen LogP contribution < -0.4 is 10.6 Å². The van der Waals surface area contributed by atoms with Crippen LogP contribution in [0.5, 0.6) is 0 Å². The summed E-state index contributed by atoms with van der Waals surface area (Å²) in [6.45, 7) is 5.31. The van der Waals surface area contributed by atoms with Gasteiger partial charge in [0.15, 0.2) is 5.96 Å². The van der Waals surface area contributed by atoms with Crippen LogP contribution in [-0.4, -0.2) is 76.1 Å². The highest BCUT2D eigenvalue weighted by Crippen LogP contribution is 2.60. The fourth-order valence-electron chi connectivity index (χ4n) is 6.15. The normalized spacial score (nSPS) is 33.9. The molecule has 2 saturated carbocycles. The van der Waals surface area contributed by atoms with E-state index in [0.717, 1.165) is 32.1 Å². The molecule has 0 aromatic carbocycles. The number of fused-ring (bicyclic) bond motifs is 2. The number of piperidine rings is 1. The Hall–Kier alpha value is -0.850. The molecule has 2 saturated heterocycles. The molecular formula is C21H38N4O2. The molecule has 3 atom stereocenters. The van der Waals surface area contributed by atoms with Crippen molar-refractivity contribution in [3.05, 3.63) is 0 Å².